The van der Waals surface area contributed by atoms with E-state index in [4.69, 9.17) is 4.74 Å². The third kappa shape index (κ3) is 9.96. The lowest BCUT2D eigenvalue weighted by Crippen LogP contribution is -2.45. The fourth-order valence-corrected chi connectivity index (χ4v) is 3.04. The smallest absolute Gasteiger partial charge is 0.410 e. The van der Waals surface area contributed by atoms with Crippen LogP contribution >= 0.6 is 0 Å². The highest BCUT2D eigenvalue weighted by Crippen LogP contribution is 2.19. The summed E-state index contributed by atoms with van der Waals surface area (Å²) in [4.78, 5) is 25.8. The van der Waals surface area contributed by atoms with Crippen LogP contribution in [-0.2, 0) is 23.8 Å². The monoisotopic (exact) mass is 392 g/mol. The largest absolute Gasteiger partial charge is 0.444 e. The summed E-state index contributed by atoms with van der Waals surface area (Å²) in [5.41, 5.74) is -0.516. The highest BCUT2D eigenvalue weighted by molar-refractivity contribution is 7.85. The van der Waals surface area contributed by atoms with Crippen LogP contribution in [0.15, 0.2) is 0 Å². The summed E-state index contributed by atoms with van der Waals surface area (Å²) < 4.78 is 31.6. The predicted molar refractivity (Wildman–Crippen MR) is 98.2 cm³/mol. The maximum absolute atomic E-state index is 12.2. The van der Waals surface area contributed by atoms with Crippen LogP contribution in [0.5, 0.6) is 0 Å². The molecule has 26 heavy (non-hydrogen) atoms. The molecule has 0 atom stereocenters. The van der Waals surface area contributed by atoms with E-state index in [2.05, 4.69) is 9.50 Å². The average Bonchev–Trinajstić information content (AvgIpc) is 2.51. The van der Waals surface area contributed by atoms with Crippen molar-refractivity contribution in [3.8, 4) is 0 Å². The van der Waals surface area contributed by atoms with Crippen molar-refractivity contribution < 1.29 is 26.9 Å². The molecule has 0 bridgehead atoms. The number of carbonyl (C=O) groups is 2. The molecule has 1 aliphatic heterocycles. The number of hydrogen-bond donors (Lipinski definition) is 1. The van der Waals surface area contributed by atoms with E-state index >= 15 is 0 Å². The van der Waals surface area contributed by atoms with Gasteiger partial charge in [0.05, 0.1) is 12.9 Å². The first kappa shape index (κ1) is 22.7. The maximum Gasteiger partial charge on any atom is 0.410 e. The molecule has 0 radical (unpaired) electrons. The van der Waals surface area contributed by atoms with E-state index in [9.17, 15) is 18.0 Å². The molecule has 8 nitrogen and oxygen atoms in total. The van der Waals surface area contributed by atoms with Gasteiger partial charge in [-0.15, -0.1) is 0 Å². The Balaban J connectivity index is 2.15. The molecule has 152 valence electrons. The van der Waals surface area contributed by atoms with Crippen LogP contribution in [0.1, 0.15) is 52.9 Å². The van der Waals surface area contributed by atoms with E-state index in [-0.39, 0.29) is 24.5 Å². The van der Waals surface area contributed by atoms with Gasteiger partial charge in [0.1, 0.15) is 5.60 Å². The molecule has 1 N–H and O–H groups in total. The Bertz CT molecular complexity index is 562. The minimum Gasteiger partial charge on any atom is -0.444 e. The predicted octanol–water partition coefficient (Wildman–Crippen LogP) is 1.90. The standard InChI is InChI=1S/C17H32N2O6S/c1-17(2,3)25-16(21)19-11-8-14(9-12-19)15(20)18-10-6-5-7-13-24-26(4,22)23/h14H,5-13H2,1-4H3,(H,18,20). The van der Waals surface area contributed by atoms with Gasteiger partial charge in [0.15, 0.2) is 0 Å². The molecule has 0 unspecified atom stereocenters. The fourth-order valence-electron chi connectivity index (χ4n) is 2.62. The normalized spacial score (nSPS) is 16.4. The van der Waals surface area contributed by atoms with Crippen molar-refractivity contribution >= 4 is 22.1 Å². The zero-order valence-corrected chi connectivity index (χ0v) is 17.1. The van der Waals surface area contributed by atoms with E-state index < -0.39 is 15.7 Å². The first-order valence-electron chi connectivity index (χ1n) is 9.08. The SMILES string of the molecule is CC(C)(C)OC(=O)N1CCC(C(=O)NCCCCCOS(C)(=O)=O)CC1. The van der Waals surface area contributed by atoms with Crippen molar-refractivity contribution in [2.75, 3.05) is 32.5 Å². The molecule has 0 aromatic carbocycles. The maximum atomic E-state index is 12.2. The molecule has 1 saturated heterocycles. The van der Waals surface area contributed by atoms with Crippen LogP contribution in [0, 0.1) is 5.92 Å². The summed E-state index contributed by atoms with van der Waals surface area (Å²) in [6.07, 6.45) is 4.16. The number of ether oxygens (including phenoxy) is 1. The van der Waals surface area contributed by atoms with Gasteiger partial charge in [-0.1, -0.05) is 0 Å². The quantitative estimate of drug-likeness (QED) is 0.500. The Hall–Kier alpha value is -1.35. The molecule has 0 saturated carbocycles. The summed E-state index contributed by atoms with van der Waals surface area (Å²) in [5.74, 6) is -0.0662. The third-order valence-corrected chi connectivity index (χ3v) is 4.53. The van der Waals surface area contributed by atoms with Gasteiger partial charge in [-0.05, 0) is 52.9 Å². The molecule has 9 heteroatoms. The van der Waals surface area contributed by atoms with Crippen LogP contribution in [0.3, 0.4) is 0 Å². The van der Waals surface area contributed by atoms with E-state index in [0.717, 1.165) is 19.1 Å². The topological polar surface area (TPSA) is 102 Å². The zero-order chi connectivity index (χ0) is 19.8. The fraction of sp³-hybridized carbons (Fsp3) is 0.882. The summed E-state index contributed by atoms with van der Waals surface area (Å²) in [7, 11) is -3.37. The van der Waals surface area contributed by atoms with Crippen LogP contribution in [-0.4, -0.2) is 63.4 Å². The number of carbonyl (C=O) groups excluding carboxylic acids is 2. The molecule has 0 spiro atoms. The highest BCUT2D eigenvalue weighted by atomic mass is 32.2. The second-order valence-corrected chi connectivity index (χ2v) is 9.26. The first-order chi connectivity index (χ1) is 12.0. The molecular formula is C17H32N2O6S. The van der Waals surface area contributed by atoms with Crippen molar-refractivity contribution in [1.29, 1.82) is 0 Å². The van der Waals surface area contributed by atoms with Gasteiger partial charge in [-0.2, -0.15) is 8.42 Å². The number of hydrogen-bond acceptors (Lipinski definition) is 6. The van der Waals surface area contributed by atoms with Gasteiger partial charge in [0.25, 0.3) is 10.1 Å². The number of piperidine rings is 1. The van der Waals surface area contributed by atoms with Crippen LogP contribution < -0.4 is 5.32 Å². The zero-order valence-electron chi connectivity index (χ0n) is 16.2. The minimum atomic E-state index is -3.37. The third-order valence-electron chi connectivity index (χ3n) is 3.94. The van der Waals surface area contributed by atoms with Crippen molar-refractivity contribution in [2.45, 2.75) is 58.5 Å². The molecule has 0 aromatic rings. The van der Waals surface area contributed by atoms with Gasteiger partial charge in [0.2, 0.25) is 5.91 Å². The highest BCUT2D eigenvalue weighted by Gasteiger charge is 2.29. The number of amides is 2. The lowest BCUT2D eigenvalue weighted by Gasteiger charge is -2.32. The van der Waals surface area contributed by atoms with E-state index in [1.54, 1.807) is 4.90 Å². The Morgan fingerprint density at radius 1 is 1.12 bits per heavy atom. The lowest BCUT2D eigenvalue weighted by atomic mass is 9.96. The van der Waals surface area contributed by atoms with E-state index in [0.29, 0.717) is 38.9 Å². The second kappa shape index (κ2) is 10.1. The van der Waals surface area contributed by atoms with Crippen molar-refractivity contribution in [2.24, 2.45) is 5.92 Å². The average molecular weight is 393 g/mol. The number of unbranched alkanes of at least 4 members (excludes halogenated alkanes) is 2. The summed E-state index contributed by atoms with van der Waals surface area (Å²) in [6, 6.07) is 0. The van der Waals surface area contributed by atoms with Crippen LogP contribution in [0.2, 0.25) is 0 Å². The number of likely N-dealkylation sites (tertiary alicyclic amines) is 1. The first-order valence-corrected chi connectivity index (χ1v) is 10.9. The van der Waals surface area contributed by atoms with Gasteiger partial charge in [0, 0.05) is 25.6 Å². The minimum absolute atomic E-state index is 0.0150. The summed E-state index contributed by atoms with van der Waals surface area (Å²) in [5, 5.41) is 2.91. The van der Waals surface area contributed by atoms with Crippen molar-refractivity contribution in [1.82, 2.24) is 10.2 Å². The summed E-state index contributed by atoms with van der Waals surface area (Å²) in [6.45, 7) is 7.28. The molecule has 0 aliphatic carbocycles. The Labute approximate surface area is 156 Å². The number of rotatable bonds is 8. The Morgan fingerprint density at radius 3 is 2.27 bits per heavy atom. The van der Waals surface area contributed by atoms with Gasteiger partial charge in [-0.25, -0.2) is 4.79 Å². The number of nitrogens with one attached hydrogen (secondary N) is 1. The van der Waals surface area contributed by atoms with E-state index in [1.165, 1.54) is 0 Å². The van der Waals surface area contributed by atoms with Crippen molar-refractivity contribution in [3.63, 3.8) is 0 Å². The lowest BCUT2D eigenvalue weighted by molar-refractivity contribution is -0.126. The van der Waals surface area contributed by atoms with Gasteiger partial charge < -0.3 is 15.0 Å². The Morgan fingerprint density at radius 2 is 1.73 bits per heavy atom. The molecular weight excluding hydrogens is 360 g/mol. The van der Waals surface area contributed by atoms with Crippen molar-refractivity contribution in [3.05, 3.63) is 0 Å². The molecule has 0 aromatic heterocycles. The van der Waals surface area contributed by atoms with E-state index in [1.807, 2.05) is 20.8 Å². The second-order valence-electron chi connectivity index (χ2n) is 7.62. The Kier molecular flexibility index (Phi) is 8.82. The van der Waals surface area contributed by atoms with Gasteiger partial charge in [-0.3, -0.25) is 8.98 Å². The molecule has 1 heterocycles. The van der Waals surface area contributed by atoms with Crippen LogP contribution in [0.25, 0.3) is 0 Å². The van der Waals surface area contributed by atoms with Gasteiger partial charge >= 0.3 is 6.09 Å². The number of nitrogens with zero attached hydrogens (tertiary/aromatic N) is 1. The van der Waals surface area contributed by atoms with Crippen LogP contribution in [0.4, 0.5) is 4.79 Å². The molecule has 1 rings (SSSR count). The summed E-state index contributed by atoms with van der Waals surface area (Å²) >= 11 is 0. The molecule has 1 fully saturated rings. The molecule has 2 amide bonds. The molecule has 1 aliphatic rings.